The van der Waals surface area contributed by atoms with Gasteiger partial charge in [0.25, 0.3) is 0 Å². The van der Waals surface area contributed by atoms with Gasteiger partial charge in [-0.1, -0.05) is 28.8 Å². The maximum absolute atomic E-state index is 11.6. The van der Waals surface area contributed by atoms with Crippen LogP contribution < -0.4 is 0 Å². The number of hydrogen-bond donors (Lipinski definition) is 0. The van der Waals surface area contributed by atoms with Gasteiger partial charge >= 0.3 is 0 Å². The van der Waals surface area contributed by atoms with E-state index in [4.69, 9.17) is 0 Å². The Morgan fingerprint density at radius 3 is 2.69 bits per heavy atom. The maximum Gasteiger partial charge on any atom is 0.224 e. The summed E-state index contributed by atoms with van der Waals surface area (Å²) in [5.74, 6) is 0. The lowest BCUT2D eigenvalue weighted by molar-refractivity contribution is 0.344. The first kappa shape index (κ1) is 11.5. The topological polar surface area (TPSA) is 37.4 Å². The summed E-state index contributed by atoms with van der Waals surface area (Å²) < 4.78 is 24.9. The van der Waals surface area contributed by atoms with E-state index in [1.165, 1.54) is 0 Å². The molecule has 5 heteroatoms. The van der Waals surface area contributed by atoms with Crippen LogP contribution in [0, 0.1) is 0 Å². The fourth-order valence-electron chi connectivity index (χ4n) is 1.72. The summed E-state index contributed by atoms with van der Waals surface area (Å²) in [7, 11) is -3.04. The number of rotatable bonds is 2. The van der Waals surface area contributed by atoms with Gasteiger partial charge in [0.05, 0.1) is 0 Å². The molecule has 0 amide bonds. The number of nitrogens with zero attached hydrogens (tertiary/aromatic N) is 1. The smallest absolute Gasteiger partial charge is 0.211 e. The summed E-state index contributed by atoms with van der Waals surface area (Å²) in [5.41, 5.74) is 0. The van der Waals surface area contributed by atoms with Gasteiger partial charge in [0.15, 0.2) is 0 Å². The molecule has 0 N–H and O–H groups in total. The van der Waals surface area contributed by atoms with E-state index >= 15 is 0 Å². The largest absolute Gasteiger partial charge is 0.224 e. The molecule has 1 unspecified atom stereocenters. The van der Waals surface area contributed by atoms with Crippen LogP contribution in [0.1, 0.15) is 32.6 Å². The zero-order valence-electron chi connectivity index (χ0n) is 7.87. The van der Waals surface area contributed by atoms with Gasteiger partial charge in [-0.15, -0.1) is 0 Å². The normalized spacial score (nSPS) is 27.1. The van der Waals surface area contributed by atoms with Crippen molar-refractivity contribution in [3.05, 3.63) is 0 Å². The summed E-state index contributed by atoms with van der Waals surface area (Å²) in [6, 6.07) is 0.171. The fourth-order valence-corrected chi connectivity index (χ4v) is 3.70. The summed E-state index contributed by atoms with van der Waals surface area (Å²) in [4.78, 5) is 0. The van der Waals surface area contributed by atoms with Gasteiger partial charge in [0, 0.05) is 12.6 Å². The SMILES string of the molecule is CC1CCCCCN1S(=O)(=O)CBr. The molecule has 1 aliphatic rings. The predicted molar refractivity (Wildman–Crippen MR) is 57.3 cm³/mol. The van der Waals surface area contributed by atoms with Crippen molar-refractivity contribution in [3.63, 3.8) is 0 Å². The molecule has 0 aliphatic carbocycles. The van der Waals surface area contributed by atoms with Crippen LogP contribution >= 0.6 is 15.9 Å². The second-order valence-corrected chi connectivity index (χ2v) is 6.75. The highest BCUT2D eigenvalue weighted by Gasteiger charge is 2.26. The molecule has 0 spiro atoms. The Balaban J connectivity index is 2.75. The minimum absolute atomic E-state index is 0.0460. The first-order valence-corrected chi connectivity index (χ1v) is 7.36. The molecule has 78 valence electrons. The van der Waals surface area contributed by atoms with Gasteiger partial charge < -0.3 is 0 Å². The number of halogens is 1. The second-order valence-electron chi connectivity index (χ2n) is 3.53. The van der Waals surface area contributed by atoms with Crippen molar-refractivity contribution in [2.24, 2.45) is 0 Å². The molecule has 3 nitrogen and oxygen atoms in total. The molecule has 1 heterocycles. The first-order chi connectivity index (χ1) is 6.08. The van der Waals surface area contributed by atoms with Crippen LogP contribution in [0.25, 0.3) is 0 Å². The van der Waals surface area contributed by atoms with Crippen LogP contribution in [-0.2, 0) is 10.0 Å². The Bertz CT molecular complexity index is 253. The highest BCUT2D eigenvalue weighted by atomic mass is 79.9. The number of hydrogen-bond acceptors (Lipinski definition) is 2. The molecule has 0 aromatic heterocycles. The average molecular weight is 270 g/mol. The highest BCUT2D eigenvalue weighted by molar-refractivity contribution is 9.10. The second kappa shape index (κ2) is 4.75. The molecule has 1 atom stereocenters. The average Bonchev–Trinajstić information content (AvgIpc) is 2.30. The van der Waals surface area contributed by atoms with Gasteiger partial charge in [0.1, 0.15) is 4.66 Å². The first-order valence-electron chi connectivity index (χ1n) is 4.63. The van der Waals surface area contributed by atoms with Gasteiger partial charge in [-0.2, -0.15) is 4.31 Å². The van der Waals surface area contributed by atoms with Gasteiger partial charge in [0.2, 0.25) is 10.0 Å². The van der Waals surface area contributed by atoms with E-state index in [1.807, 2.05) is 6.92 Å². The highest BCUT2D eigenvalue weighted by Crippen LogP contribution is 2.20. The Hall–Kier alpha value is 0.390. The molecule has 0 aromatic carbocycles. The van der Waals surface area contributed by atoms with Gasteiger partial charge in [-0.25, -0.2) is 8.42 Å². The molecule has 1 fully saturated rings. The van der Waals surface area contributed by atoms with Gasteiger partial charge in [-0.05, 0) is 19.8 Å². The summed E-state index contributed by atoms with van der Waals surface area (Å²) in [6.07, 6.45) is 4.29. The van der Waals surface area contributed by atoms with Crippen molar-refractivity contribution >= 4 is 26.0 Å². The van der Waals surface area contributed by atoms with Gasteiger partial charge in [-0.3, -0.25) is 0 Å². The van der Waals surface area contributed by atoms with Crippen molar-refractivity contribution in [2.75, 3.05) is 11.2 Å². The van der Waals surface area contributed by atoms with Crippen molar-refractivity contribution < 1.29 is 8.42 Å². The summed E-state index contributed by atoms with van der Waals surface area (Å²) in [5, 5.41) is 0. The maximum atomic E-state index is 11.6. The lowest BCUT2D eigenvalue weighted by Crippen LogP contribution is -2.38. The van der Waals surface area contributed by atoms with Crippen LogP contribution in [-0.4, -0.2) is 30.0 Å². The van der Waals surface area contributed by atoms with Crippen LogP contribution in [0.5, 0.6) is 0 Å². The monoisotopic (exact) mass is 269 g/mol. The van der Waals surface area contributed by atoms with E-state index in [2.05, 4.69) is 15.9 Å². The fraction of sp³-hybridized carbons (Fsp3) is 1.00. The molecule has 0 bridgehead atoms. The molecule has 13 heavy (non-hydrogen) atoms. The standard InChI is InChI=1S/C8H16BrNO2S/c1-8-5-3-2-4-6-10(8)13(11,12)7-9/h8H,2-7H2,1H3. The van der Waals surface area contributed by atoms with E-state index in [-0.39, 0.29) is 10.7 Å². The third kappa shape index (κ3) is 2.92. The molecule has 1 rings (SSSR count). The Morgan fingerprint density at radius 2 is 2.08 bits per heavy atom. The van der Waals surface area contributed by atoms with E-state index in [9.17, 15) is 8.42 Å². The van der Waals surface area contributed by atoms with Crippen LogP contribution in [0.15, 0.2) is 0 Å². The van der Waals surface area contributed by atoms with Crippen LogP contribution in [0.3, 0.4) is 0 Å². The molecule has 0 aromatic rings. The number of alkyl halides is 1. The lowest BCUT2D eigenvalue weighted by Gasteiger charge is -2.24. The molecular weight excluding hydrogens is 254 g/mol. The number of sulfonamides is 1. The lowest BCUT2D eigenvalue weighted by atomic mass is 10.1. The van der Waals surface area contributed by atoms with E-state index in [0.717, 1.165) is 25.7 Å². The van der Waals surface area contributed by atoms with Crippen LogP contribution in [0.2, 0.25) is 0 Å². The molecular formula is C8H16BrNO2S. The van der Waals surface area contributed by atoms with E-state index in [1.54, 1.807) is 4.31 Å². The Labute approximate surface area is 88.7 Å². The Morgan fingerprint density at radius 1 is 1.38 bits per heavy atom. The quantitative estimate of drug-likeness (QED) is 0.719. The minimum Gasteiger partial charge on any atom is -0.211 e. The summed E-state index contributed by atoms with van der Waals surface area (Å²) >= 11 is 3.03. The predicted octanol–water partition coefficient (Wildman–Crippen LogP) is 1.93. The molecule has 0 radical (unpaired) electrons. The summed E-state index contributed by atoms with van der Waals surface area (Å²) in [6.45, 7) is 2.68. The van der Waals surface area contributed by atoms with Crippen molar-refractivity contribution in [1.29, 1.82) is 0 Å². The minimum atomic E-state index is -3.04. The molecule has 0 saturated carbocycles. The Kier molecular flexibility index (Phi) is 4.19. The van der Waals surface area contributed by atoms with E-state index in [0.29, 0.717) is 6.54 Å². The van der Waals surface area contributed by atoms with E-state index < -0.39 is 10.0 Å². The molecule has 1 aliphatic heterocycles. The van der Waals surface area contributed by atoms with Crippen molar-refractivity contribution in [2.45, 2.75) is 38.6 Å². The zero-order chi connectivity index (χ0) is 9.90. The zero-order valence-corrected chi connectivity index (χ0v) is 10.3. The molecule has 1 saturated heterocycles. The van der Waals surface area contributed by atoms with Crippen molar-refractivity contribution in [1.82, 2.24) is 4.31 Å². The third-order valence-corrected chi connectivity index (χ3v) is 5.76. The van der Waals surface area contributed by atoms with Crippen molar-refractivity contribution in [3.8, 4) is 0 Å². The third-order valence-electron chi connectivity index (χ3n) is 2.49. The van der Waals surface area contributed by atoms with Crippen LogP contribution in [0.4, 0.5) is 0 Å².